The number of aromatic nitrogens is 11. The van der Waals surface area contributed by atoms with Crippen LogP contribution in [-0.4, -0.2) is 136 Å². The topological polar surface area (TPSA) is 338 Å². The zero-order valence-corrected chi connectivity index (χ0v) is 48.4. The number of nitrogens with one attached hydrogen (secondary N) is 2. The largest absolute Gasteiger partial charge is 0.389 e. The van der Waals surface area contributed by atoms with Crippen molar-refractivity contribution < 1.29 is 59.9 Å². The van der Waals surface area contributed by atoms with Crippen molar-refractivity contribution in [3.8, 4) is 22.5 Å². The van der Waals surface area contributed by atoms with Crippen LogP contribution in [0.4, 0.5) is 31.8 Å². The fourth-order valence-electron chi connectivity index (χ4n) is 10.7. The van der Waals surface area contributed by atoms with E-state index in [0.717, 1.165) is 46.4 Å². The molecular formula is C53H55BF2N16O11P2S. The van der Waals surface area contributed by atoms with Crippen molar-refractivity contribution in [2.75, 3.05) is 41.4 Å². The lowest BCUT2D eigenvalue weighted by molar-refractivity contribution is -0.124. The number of anilines is 4. The molecule has 3 saturated heterocycles. The third kappa shape index (κ3) is 12.0. The molecule has 2 unspecified atom stereocenters. The van der Waals surface area contributed by atoms with Gasteiger partial charge in [-0.2, -0.15) is 0 Å². The Hall–Kier alpha value is -7.60. The second kappa shape index (κ2) is 24.6. The molecule has 8 aromatic rings. The quantitative estimate of drug-likeness (QED) is 0.0459. The lowest BCUT2D eigenvalue weighted by Gasteiger charge is -2.30. The van der Waals surface area contributed by atoms with E-state index in [1.165, 1.54) is 21.8 Å². The third-order valence-corrected chi connectivity index (χ3v) is 19.6. The maximum atomic E-state index is 17.0. The van der Waals surface area contributed by atoms with Gasteiger partial charge in [-0.05, 0) is 53.5 Å². The Bertz CT molecular complexity index is 3960. The standard InChI is InChI=1S/C53H55BF2N16O11P2S/c1-2-39(75)69-21-30-10-5-6-11-32(30)42-45(33-12-7-8-13-34(33)69)72(68-67-42)19-9-3-4-14-37(73)59-20-38(74)66-31-17-15-29(16-18-31)24-86-85(77)79-23-36-46(40(55)52(81-36)70-27-64-43-48(57)60-25-62-50(43)70)82-84(54,76)78-22-35-47(83-85)41(56)53(80-35)71-28-65-44-49(58)61-26-63-51(44)71/h5-8,10-13,15-18,25-28,35-36,40-41,46-47,52-53H,2-4,9,14,19-24H2,1H3,(H,59,73)(H,66,74)(H2,57,60,62)(H2,58,61,63)/t35-,36-,40-,41-,46-,47-,52-,53-,84?,85?/m1/s1. The van der Waals surface area contributed by atoms with Crippen LogP contribution in [0.3, 0.4) is 0 Å². The van der Waals surface area contributed by atoms with Gasteiger partial charge in [-0.25, -0.2) is 47.9 Å². The fourth-order valence-corrected chi connectivity index (χ4v) is 15.1. The van der Waals surface area contributed by atoms with Gasteiger partial charge >= 0.3 is 6.80 Å². The van der Waals surface area contributed by atoms with Crippen LogP contribution >= 0.6 is 25.7 Å². The fraction of sp³-hybridized carbons (Fsp3) is 0.377. The molecule has 4 aliphatic heterocycles. The first-order valence-corrected chi connectivity index (χ1v) is 32.1. The molecule has 27 nitrogen and oxygen atoms in total. The van der Waals surface area contributed by atoms with E-state index in [4.69, 9.17) is 46.6 Å². The SMILES string of the molecule is [B]P1(=O)OC[C@H]2O[C@@H](n3cnc4c(N)ncnc43)[C@H](F)[C@@H]2OP(=O)(SCc2ccc(NC(=O)CNC(=O)CCCCCn3nnc4c3-c3ccccc3N(C(=O)CC)Cc3ccccc3-4)cc2)OC[C@H]2O[C@@H](n3cnc4c(N)ncnc43)[C@H](F)[C@@H]2O1. The van der Waals surface area contributed by atoms with E-state index >= 15 is 13.3 Å². The molecule has 446 valence electrons. The number of hydrogen-bond acceptors (Lipinski definition) is 22. The average Bonchev–Trinajstić information content (AvgIpc) is 1.92. The highest BCUT2D eigenvalue weighted by Gasteiger charge is 2.55. The van der Waals surface area contributed by atoms with Gasteiger partial charge in [0.1, 0.15) is 53.8 Å². The number of nitrogens with zero attached hydrogens (tertiary/aromatic N) is 12. The summed E-state index contributed by atoms with van der Waals surface area (Å²) in [6.45, 7) is -3.64. The number of aryl methyl sites for hydroxylation is 1. The predicted octanol–water partition coefficient (Wildman–Crippen LogP) is 6.93. The molecule has 4 aliphatic rings. The Morgan fingerprint density at radius 3 is 2.06 bits per heavy atom. The van der Waals surface area contributed by atoms with Gasteiger partial charge in [0.2, 0.25) is 25.3 Å². The molecule has 0 saturated carbocycles. The summed E-state index contributed by atoms with van der Waals surface area (Å²) in [5, 5.41) is 14.6. The number of ether oxygens (including phenoxy) is 2. The minimum absolute atomic E-state index is 0.00347. The first kappa shape index (κ1) is 58.8. The molecule has 0 aliphatic carbocycles. The number of para-hydroxylation sites is 1. The summed E-state index contributed by atoms with van der Waals surface area (Å²) < 4.78 is 102. The monoisotopic (exact) mass is 1230 g/mol. The van der Waals surface area contributed by atoms with Crippen LogP contribution in [0.5, 0.6) is 0 Å². The van der Waals surface area contributed by atoms with Gasteiger partial charge in [0, 0.05) is 42.0 Å². The number of unbranched alkanes of at least 4 members (excludes halogenated alkanes) is 2. The zero-order chi connectivity index (χ0) is 59.9. The number of benzene rings is 3. The van der Waals surface area contributed by atoms with E-state index in [9.17, 15) is 18.9 Å². The summed E-state index contributed by atoms with van der Waals surface area (Å²) in [5.41, 5.74) is 18.4. The Balaban J connectivity index is 0.675. The number of amides is 3. The normalized spacial score (nSPS) is 25.6. The number of nitrogens with two attached hydrogens (primary N) is 2. The minimum atomic E-state index is -4.73. The van der Waals surface area contributed by atoms with E-state index in [1.54, 1.807) is 24.3 Å². The maximum Gasteiger partial charge on any atom is 0.389 e. The highest BCUT2D eigenvalue weighted by atomic mass is 32.7. The molecule has 9 heterocycles. The first-order chi connectivity index (χ1) is 41.5. The van der Waals surface area contributed by atoms with Crippen LogP contribution in [0, 0.1) is 0 Å². The van der Waals surface area contributed by atoms with Crippen LogP contribution in [0.2, 0.25) is 0 Å². The second-order valence-electron chi connectivity index (χ2n) is 20.5. The Labute approximate surface area is 493 Å². The van der Waals surface area contributed by atoms with Crippen molar-refractivity contribution in [3.63, 3.8) is 0 Å². The molecule has 86 heavy (non-hydrogen) atoms. The summed E-state index contributed by atoms with van der Waals surface area (Å²) >= 11 is 0.660. The second-order valence-corrected chi connectivity index (χ2v) is 26.1. The number of carbonyl (C=O) groups excluding carboxylic acids is 3. The molecule has 0 bridgehead atoms. The van der Waals surface area contributed by atoms with E-state index in [2.05, 4.69) is 50.8 Å². The number of imidazole rings is 2. The molecule has 6 N–H and O–H groups in total. The summed E-state index contributed by atoms with van der Waals surface area (Å²) in [7, 11) is 1.32. The molecule has 3 fully saturated rings. The van der Waals surface area contributed by atoms with Crippen LogP contribution in [0.1, 0.15) is 62.6 Å². The van der Waals surface area contributed by atoms with E-state index < -0.39 is 82.6 Å². The van der Waals surface area contributed by atoms with Gasteiger partial charge in [0.25, 0.3) is 7.47 Å². The van der Waals surface area contributed by atoms with Gasteiger partial charge < -0.3 is 45.5 Å². The maximum absolute atomic E-state index is 17.0. The zero-order valence-electron chi connectivity index (χ0n) is 45.8. The molecule has 0 spiro atoms. The van der Waals surface area contributed by atoms with Crippen LogP contribution < -0.4 is 27.0 Å². The van der Waals surface area contributed by atoms with Crippen LogP contribution in [0.15, 0.2) is 98.1 Å². The Morgan fingerprint density at radius 1 is 0.756 bits per heavy atom. The highest BCUT2D eigenvalue weighted by Crippen LogP contribution is 2.65. The number of fused-ring (bicyclic) bond motifs is 9. The van der Waals surface area contributed by atoms with Gasteiger partial charge in [-0.1, -0.05) is 73.2 Å². The summed E-state index contributed by atoms with van der Waals surface area (Å²) in [4.78, 5) is 65.6. The van der Waals surface area contributed by atoms with Crippen molar-refractivity contribution in [3.05, 3.63) is 109 Å². The van der Waals surface area contributed by atoms with Gasteiger partial charge in [-0.15, -0.1) is 5.10 Å². The lowest BCUT2D eigenvalue weighted by atomic mass is 9.95. The lowest BCUT2D eigenvalue weighted by Crippen LogP contribution is -2.37. The summed E-state index contributed by atoms with van der Waals surface area (Å²) in [6, 6.07) is 22.1. The molecule has 5 aromatic heterocycles. The number of alkyl halides is 2. The number of hydrogen-bond donors (Lipinski definition) is 4. The van der Waals surface area contributed by atoms with Crippen molar-refractivity contribution >= 4 is 96.3 Å². The summed E-state index contributed by atoms with van der Waals surface area (Å²) in [5.74, 6) is -0.853. The molecule has 3 aromatic carbocycles. The molecule has 3 amide bonds. The average molecular weight is 1230 g/mol. The Kier molecular flexibility index (Phi) is 16.8. The minimum Gasteiger partial charge on any atom is -0.382 e. The smallest absolute Gasteiger partial charge is 0.382 e. The van der Waals surface area contributed by atoms with E-state index in [0.29, 0.717) is 61.4 Å². The van der Waals surface area contributed by atoms with Crippen molar-refractivity contribution in [2.45, 2.75) is 107 Å². The predicted molar refractivity (Wildman–Crippen MR) is 310 cm³/mol. The molecule has 2 radical (unpaired) electrons. The highest BCUT2D eigenvalue weighted by molar-refractivity contribution is 8.54. The van der Waals surface area contributed by atoms with Crippen molar-refractivity contribution in [2.24, 2.45) is 0 Å². The van der Waals surface area contributed by atoms with Crippen LogP contribution in [0.25, 0.3) is 44.8 Å². The first-order valence-electron chi connectivity index (χ1n) is 27.4. The number of carbonyl (C=O) groups is 3. The number of rotatable bonds is 15. The third-order valence-electron chi connectivity index (χ3n) is 14.9. The van der Waals surface area contributed by atoms with E-state index in [-0.39, 0.29) is 64.5 Å². The number of nitrogen functional groups attached to an aromatic ring is 2. The van der Waals surface area contributed by atoms with Crippen molar-refractivity contribution in [1.29, 1.82) is 0 Å². The molecule has 12 rings (SSSR count). The molecule has 33 heteroatoms. The van der Waals surface area contributed by atoms with Gasteiger partial charge in [-0.3, -0.25) is 37.1 Å². The van der Waals surface area contributed by atoms with Gasteiger partial charge in [0.15, 0.2) is 47.7 Å². The Morgan fingerprint density at radius 2 is 1.38 bits per heavy atom. The molecular weight excluding hydrogens is 1180 g/mol. The van der Waals surface area contributed by atoms with E-state index in [1.807, 2.05) is 65.0 Å². The number of halogens is 2. The summed E-state index contributed by atoms with van der Waals surface area (Å²) in [6.07, 6.45) is -6.73. The van der Waals surface area contributed by atoms with Gasteiger partial charge in [0.05, 0.1) is 50.3 Å². The van der Waals surface area contributed by atoms with Crippen molar-refractivity contribution in [1.82, 2.24) is 59.3 Å². The molecule has 10 atom stereocenters. The van der Waals surface area contributed by atoms with Crippen LogP contribution in [-0.2, 0) is 69.9 Å².